The minimum absolute atomic E-state index is 0.0621. The van der Waals surface area contributed by atoms with Crippen LogP contribution < -0.4 is 4.74 Å². The molecular weight excluding hydrogens is 290 g/mol. The molecule has 23 heavy (non-hydrogen) atoms. The van der Waals surface area contributed by atoms with Crippen LogP contribution in [0, 0.1) is 0 Å². The number of β-amino-alcohol motifs (C(OH)–C–C–N with tert-alkyl or cyclic N) is 1. The zero-order valence-corrected chi connectivity index (χ0v) is 13.0. The first-order chi connectivity index (χ1) is 11.2. The smallest absolute Gasteiger partial charge is 0.223 e. The average Bonchev–Trinajstić information content (AvgIpc) is 2.95. The van der Waals surface area contributed by atoms with Gasteiger partial charge in [0.15, 0.2) is 0 Å². The number of aliphatic hydroxyl groups excluding tert-OH is 1. The highest BCUT2D eigenvalue weighted by Gasteiger charge is 2.35. The van der Waals surface area contributed by atoms with E-state index in [1.54, 1.807) is 4.90 Å². The number of hydrogen-bond donors (Lipinski definition) is 1. The van der Waals surface area contributed by atoms with E-state index >= 15 is 0 Å². The Morgan fingerprint density at radius 2 is 1.70 bits per heavy atom. The van der Waals surface area contributed by atoms with E-state index in [4.69, 9.17) is 4.74 Å². The van der Waals surface area contributed by atoms with Gasteiger partial charge in [-0.25, -0.2) is 0 Å². The highest BCUT2D eigenvalue weighted by atomic mass is 16.5. The number of aliphatic hydroxyl groups is 1. The topological polar surface area (TPSA) is 49.8 Å². The average molecular weight is 311 g/mol. The van der Waals surface area contributed by atoms with Crippen LogP contribution >= 0.6 is 0 Å². The molecule has 0 unspecified atom stereocenters. The summed E-state index contributed by atoms with van der Waals surface area (Å²) in [5, 5.41) is 10.1. The van der Waals surface area contributed by atoms with E-state index in [1.807, 2.05) is 60.7 Å². The third-order valence-corrected chi connectivity index (χ3v) is 4.09. The van der Waals surface area contributed by atoms with E-state index in [0.717, 1.165) is 17.7 Å². The molecule has 1 N–H and O–H groups in total. The summed E-state index contributed by atoms with van der Waals surface area (Å²) in [5.41, 5.74) is 1.15. The van der Waals surface area contributed by atoms with Crippen LogP contribution in [0.15, 0.2) is 60.7 Å². The Bertz CT molecular complexity index is 630. The van der Waals surface area contributed by atoms with Crippen LogP contribution in [0.5, 0.6) is 5.75 Å². The Balaban J connectivity index is 1.52. The van der Waals surface area contributed by atoms with E-state index < -0.39 is 6.10 Å². The Kier molecular flexibility index (Phi) is 4.93. The van der Waals surface area contributed by atoms with E-state index in [1.165, 1.54) is 0 Å². The fourth-order valence-electron chi connectivity index (χ4n) is 2.80. The molecule has 1 heterocycles. The minimum Gasteiger partial charge on any atom is -0.486 e. The third kappa shape index (κ3) is 4.11. The number of aryl methyl sites for hydroxylation is 1. The zero-order chi connectivity index (χ0) is 16.1. The van der Waals surface area contributed by atoms with Crippen molar-refractivity contribution in [2.45, 2.75) is 25.0 Å². The molecule has 1 amide bonds. The second-order valence-electron chi connectivity index (χ2n) is 5.82. The molecule has 1 aliphatic rings. The van der Waals surface area contributed by atoms with Gasteiger partial charge in [0.05, 0.1) is 13.1 Å². The normalized spacial score (nSPS) is 20.5. The molecule has 0 saturated carbocycles. The van der Waals surface area contributed by atoms with Crippen molar-refractivity contribution in [1.82, 2.24) is 4.90 Å². The molecule has 0 bridgehead atoms. The van der Waals surface area contributed by atoms with E-state index in [-0.39, 0.29) is 12.0 Å². The molecule has 1 aliphatic heterocycles. The van der Waals surface area contributed by atoms with Gasteiger partial charge in [-0.3, -0.25) is 4.79 Å². The van der Waals surface area contributed by atoms with Crippen LogP contribution in [0.25, 0.3) is 0 Å². The lowest BCUT2D eigenvalue weighted by molar-refractivity contribution is -0.130. The fraction of sp³-hybridized carbons (Fsp3) is 0.316. The van der Waals surface area contributed by atoms with Crippen molar-refractivity contribution in [3.63, 3.8) is 0 Å². The van der Waals surface area contributed by atoms with Gasteiger partial charge in [-0.1, -0.05) is 48.5 Å². The Labute approximate surface area is 136 Å². The number of amides is 1. The van der Waals surface area contributed by atoms with Crippen molar-refractivity contribution in [3.8, 4) is 5.75 Å². The molecule has 0 aromatic heterocycles. The molecule has 1 saturated heterocycles. The lowest BCUT2D eigenvalue weighted by Crippen LogP contribution is -2.31. The molecule has 4 heteroatoms. The second-order valence-corrected chi connectivity index (χ2v) is 5.82. The maximum atomic E-state index is 12.3. The maximum Gasteiger partial charge on any atom is 0.223 e. The third-order valence-electron chi connectivity index (χ3n) is 4.09. The highest BCUT2D eigenvalue weighted by Crippen LogP contribution is 2.19. The van der Waals surface area contributed by atoms with Gasteiger partial charge < -0.3 is 14.7 Å². The predicted octanol–water partition coefficient (Wildman–Crippen LogP) is 2.27. The van der Waals surface area contributed by atoms with Crippen molar-refractivity contribution < 1.29 is 14.6 Å². The monoisotopic (exact) mass is 311 g/mol. The maximum absolute atomic E-state index is 12.3. The number of likely N-dealkylation sites (tertiary alicyclic amines) is 1. The molecule has 0 spiro atoms. The van der Waals surface area contributed by atoms with Crippen molar-refractivity contribution in [1.29, 1.82) is 0 Å². The first-order valence-corrected chi connectivity index (χ1v) is 7.94. The first kappa shape index (κ1) is 15.6. The number of nitrogens with zero attached hydrogens (tertiary/aromatic N) is 1. The van der Waals surface area contributed by atoms with E-state index in [0.29, 0.717) is 19.5 Å². The van der Waals surface area contributed by atoms with E-state index in [9.17, 15) is 9.90 Å². The largest absolute Gasteiger partial charge is 0.486 e. The van der Waals surface area contributed by atoms with E-state index in [2.05, 4.69) is 0 Å². The van der Waals surface area contributed by atoms with Crippen LogP contribution in [-0.4, -0.2) is 41.2 Å². The van der Waals surface area contributed by atoms with Crippen LogP contribution in [0.4, 0.5) is 0 Å². The number of rotatable bonds is 5. The molecule has 3 rings (SSSR count). The summed E-state index contributed by atoms with van der Waals surface area (Å²) in [5.74, 6) is 0.780. The van der Waals surface area contributed by atoms with Crippen molar-refractivity contribution in [2.75, 3.05) is 13.1 Å². The summed E-state index contributed by atoms with van der Waals surface area (Å²) in [4.78, 5) is 14.0. The molecule has 4 nitrogen and oxygen atoms in total. The summed E-state index contributed by atoms with van der Waals surface area (Å²) in [6, 6.07) is 19.4. The molecular formula is C19H21NO3. The molecule has 1 fully saturated rings. The standard InChI is InChI=1S/C19H21NO3/c21-17-13-20(14-18(17)23-16-9-5-2-6-10-16)19(22)12-11-15-7-3-1-4-8-15/h1-10,17-18,21H,11-14H2/t17-,18-/m1/s1. The molecule has 2 atom stereocenters. The van der Waals surface area contributed by atoms with Crippen LogP contribution in [0.2, 0.25) is 0 Å². The number of carbonyl (C=O) groups excluding carboxylic acids is 1. The molecule has 120 valence electrons. The predicted molar refractivity (Wildman–Crippen MR) is 88.2 cm³/mol. The van der Waals surface area contributed by atoms with Crippen molar-refractivity contribution >= 4 is 5.91 Å². The minimum atomic E-state index is -0.643. The first-order valence-electron chi connectivity index (χ1n) is 7.94. The quantitative estimate of drug-likeness (QED) is 0.921. The molecule has 0 aliphatic carbocycles. The number of carbonyl (C=O) groups is 1. The lowest BCUT2D eigenvalue weighted by Gasteiger charge is -2.17. The summed E-state index contributed by atoms with van der Waals surface area (Å²) in [6.07, 6.45) is 0.166. The fourth-order valence-corrected chi connectivity index (χ4v) is 2.80. The number of hydrogen-bond acceptors (Lipinski definition) is 3. The molecule has 0 radical (unpaired) electrons. The number of ether oxygens (including phenoxy) is 1. The summed E-state index contributed by atoms with van der Waals surface area (Å²) in [7, 11) is 0. The van der Waals surface area contributed by atoms with Gasteiger partial charge in [-0.15, -0.1) is 0 Å². The van der Waals surface area contributed by atoms with Gasteiger partial charge in [-0.05, 0) is 24.1 Å². The van der Waals surface area contributed by atoms with Gasteiger partial charge in [0.25, 0.3) is 0 Å². The summed E-state index contributed by atoms with van der Waals surface area (Å²) < 4.78 is 5.79. The Morgan fingerprint density at radius 1 is 1.04 bits per heavy atom. The molecule has 2 aromatic rings. The summed E-state index contributed by atoms with van der Waals surface area (Å²) >= 11 is 0. The molecule has 2 aromatic carbocycles. The summed E-state index contributed by atoms with van der Waals surface area (Å²) in [6.45, 7) is 0.773. The van der Waals surface area contributed by atoms with Crippen molar-refractivity contribution in [3.05, 3.63) is 66.2 Å². The van der Waals surface area contributed by atoms with Crippen molar-refractivity contribution in [2.24, 2.45) is 0 Å². The van der Waals surface area contributed by atoms with Gasteiger partial charge >= 0.3 is 0 Å². The second kappa shape index (κ2) is 7.29. The van der Waals surface area contributed by atoms with Crippen LogP contribution in [0.3, 0.4) is 0 Å². The Hall–Kier alpha value is -2.33. The van der Waals surface area contributed by atoms with Gasteiger partial charge in [0.2, 0.25) is 5.91 Å². The number of benzene rings is 2. The highest BCUT2D eigenvalue weighted by molar-refractivity contribution is 5.77. The lowest BCUT2D eigenvalue weighted by atomic mass is 10.1. The Morgan fingerprint density at radius 3 is 2.39 bits per heavy atom. The SMILES string of the molecule is O=C(CCc1ccccc1)N1C[C@@H](O)[C@H](Oc2ccccc2)C1. The number of para-hydroxylation sites is 1. The zero-order valence-electron chi connectivity index (χ0n) is 13.0. The van der Waals surface area contributed by atoms with Gasteiger partial charge in [-0.2, -0.15) is 0 Å². The van der Waals surface area contributed by atoms with Crippen LogP contribution in [-0.2, 0) is 11.2 Å². The van der Waals surface area contributed by atoms with Gasteiger partial charge in [0.1, 0.15) is 18.0 Å². The van der Waals surface area contributed by atoms with Crippen LogP contribution in [0.1, 0.15) is 12.0 Å². The van der Waals surface area contributed by atoms with Gasteiger partial charge in [0, 0.05) is 6.42 Å².